The zero-order valence-corrected chi connectivity index (χ0v) is 17.0. The second-order valence-corrected chi connectivity index (χ2v) is 7.16. The zero-order chi connectivity index (χ0) is 22.7. The van der Waals surface area contributed by atoms with Gasteiger partial charge in [-0.25, -0.2) is 9.59 Å². The van der Waals surface area contributed by atoms with Crippen molar-refractivity contribution in [1.29, 1.82) is 0 Å². The predicted molar refractivity (Wildman–Crippen MR) is 107 cm³/mol. The van der Waals surface area contributed by atoms with Crippen LogP contribution in [-0.2, 0) is 14.2 Å². The van der Waals surface area contributed by atoms with Gasteiger partial charge in [-0.05, 0) is 41.0 Å². The second kappa shape index (κ2) is 9.54. The van der Waals surface area contributed by atoms with Crippen LogP contribution in [0, 0.1) is 0 Å². The van der Waals surface area contributed by atoms with Gasteiger partial charge < -0.3 is 34.6 Å². The Morgan fingerprint density at radius 2 is 1.48 bits per heavy atom. The molecule has 4 N–H and O–H groups in total. The van der Waals surface area contributed by atoms with Crippen LogP contribution in [-0.4, -0.2) is 77.6 Å². The molecule has 3 rings (SSSR count). The molecule has 0 aromatic heterocycles. The van der Waals surface area contributed by atoms with Crippen molar-refractivity contribution in [3.05, 3.63) is 59.2 Å². The van der Waals surface area contributed by atoms with Crippen LogP contribution < -0.4 is 0 Å². The Balaban J connectivity index is 2.03. The highest BCUT2D eigenvalue weighted by atomic mass is 16.5. The summed E-state index contributed by atoms with van der Waals surface area (Å²) in [5.74, 6) is -1.26. The van der Waals surface area contributed by atoms with Gasteiger partial charge in [-0.1, -0.05) is 18.2 Å². The molecule has 2 aromatic rings. The molecule has 0 radical (unpaired) electrons. The maximum Gasteiger partial charge on any atom is 0.337 e. The molecule has 31 heavy (non-hydrogen) atoms. The van der Waals surface area contributed by atoms with E-state index in [0.717, 1.165) is 0 Å². The number of hydrogen-bond acceptors (Lipinski definition) is 9. The fraction of sp³-hybridized carbons (Fsp3) is 0.364. The van der Waals surface area contributed by atoms with Gasteiger partial charge in [-0.2, -0.15) is 0 Å². The molecule has 166 valence electrons. The number of hydrogen-bond donors (Lipinski definition) is 4. The Bertz CT molecular complexity index is 921. The lowest BCUT2D eigenvalue weighted by Crippen LogP contribution is -2.55. The fourth-order valence-electron chi connectivity index (χ4n) is 3.54. The third-order valence-electron chi connectivity index (χ3n) is 5.22. The lowest BCUT2D eigenvalue weighted by Gasteiger charge is -2.40. The normalized spacial score (nSPS) is 25.7. The highest BCUT2D eigenvalue weighted by Gasteiger charge is 2.43. The van der Waals surface area contributed by atoms with E-state index in [-0.39, 0.29) is 11.1 Å². The van der Waals surface area contributed by atoms with Gasteiger partial charge in [-0.15, -0.1) is 0 Å². The van der Waals surface area contributed by atoms with Gasteiger partial charge in [0, 0.05) is 0 Å². The van der Waals surface area contributed by atoms with Crippen LogP contribution in [0.2, 0.25) is 0 Å². The van der Waals surface area contributed by atoms with E-state index in [1.165, 1.54) is 20.3 Å². The van der Waals surface area contributed by atoms with Crippen molar-refractivity contribution in [2.45, 2.75) is 30.5 Å². The third-order valence-corrected chi connectivity index (χ3v) is 5.22. The maximum absolute atomic E-state index is 12.1. The number of rotatable bonds is 5. The van der Waals surface area contributed by atoms with Crippen LogP contribution in [0.15, 0.2) is 42.5 Å². The maximum atomic E-state index is 12.1. The summed E-state index contributed by atoms with van der Waals surface area (Å²) in [6, 6.07) is 11.2. The van der Waals surface area contributed by atoms with Gasteiger partial charge in [0.2, 0.25) is 0 Å². The first-order valence-corrected chi connectivity index (χ1v) is 9.53. The summed E-state index contributed by atoms with van der Waals surface area (Å²) in [5.41, 5.74) is 1.87. The number of aliphatic hydroxyl groups is 4. The molecule has 0 aliphatic carbocycles. The Labute approximate surface area is 178 Å². The molecule has 0 bridgehead atoms. The van der Waals surface area contributed by atoms with E-state index in [4.69, 9.17) is 14.2 Å². The van der Waals surface area contributed by atoms with Gasteiger partial charge in [-0.3, -0.25) is 0 Å². The number of benzene rings is 2. The smallest absolute Gasteiger partial charge is 0.337 e. The highest BCUT2D eigenvalue weighted by molar-refractivity contribution is 5.97. The number of methoxy groups -OCH3 is 2. The van der Waals surface area contributed by atoms with E-state index in [1.807, 2.05) is 0 Å². The monoisotopic (exact) mass is 432 g/mol. The summed E-state index contributed by atoms with van der Waals surface area (Å²) in [6.45, 7) is -0.537. The van der Waals surface area contributed by atoms with E-state index in [1.54, 1.807) is 36.4 Å². The molecule has 1 heterocycles. The first kappa shape index (κ1) is 22.9. The predicted octanol–water partition coefficient (Wildman–Crippen LogP) is 0.442. The number of aliphatic hydroxyl groups excluding tert-OH is 4. The standard InChI is InChI=1S/C22H24O9/c1-29-21(27)14-7-13(8-15(9-14)22(28)30-2)11-4-3-5-12(6-11)20-19(26)18(25)17(24)16(10-23)31-20/h3-9,16-20,23-26H,10H2,1-2H3/t16-,17-,18+,19+,20-/m1/s1. The Kier molecular flexibility index (Phi) is 7.04. The summed E-state index contributed by atoms with van der Waals surface area (Å²) in [7, 11) is 2.46. The lowest BCUT2D eigenvalue weighted by molar-refractivity contribution is -0.231. The second-order valence-electron chi connectivity index (χ2n) is 7.16. The van der Waals surface area contributed by atoms with Crippen LogP contribution in [0.5, 0.6) is 0 Å². The number of carbonyl (C=O) groups excluding carboxylic acids is 2. The van der Waals surface area contributed by atoms with Crippen molar-refractivity contribution in [1.82, 2.24) is 0 Å². The molecule has 0 saturated carbocycles. The van der Waals surface area contributed by atoms with Crippen molar-refractivity contribution in [2.24, 2.45) is 0 Å². The van der Waals surface area contributed by atoms with E-state index >= 15 is 0 Å². The quantitative estimate of drug-likeness (QED) is 0.495. The van der Waals surface area contributed by atoms with Gasteiger partial charge in [0.15, 0.2) is 0 Å². The molecule has 0 spiro atoms. The summed E-state index contributed by atoms with van der Waals surface area (Å²) < 4.78 is 15.1. The molecule has 0 unspecified atom stereocenters. The van der Waals surface area contributed by atoms with Crippen molar-refractivity contribution in [3.8, 4) is 11.1 Å². The SMILES string of the molecule is COC(=O)c1cc(C(=O)OC)cc(-c2cccc([C@H]3O[C@H](CO)[C@@H](O)[C@H](O)[C@@H]3O)c2)c1. The van der Waals surface area contributed by atoms with E-state index in [9.17, 15) is 30.0 Å². The number of esters is 2. The minimum Gasteiger partial charge on any atom is -0.465 e. The van der Waals surface area contributed by atoms with Gasteiger partial charge >= 0.3 is 11.9 Å². The minimum absolute atomic E-state index is 0.152. The molecule has 2 aromatic carbocycles. The zero-order valence-electron chi connectivity index (χ0n) is 17.0. The van der Waals surface area contributed by atoms with E-state index in [0.29, 0.717) is 16.7 Å². The topological polar surface area (TPSA) is 143 Å². The molecule has 1 aliphatic rings. The van der Waals surface area contributed by atoms with Crippen molar-refractivity contribution in [2.75, 3.05) is 20.8 Å². The summed E-state index contributed by atoms with van der Waals surface area (Å²) in [5, 5.41) is 39.9. The molecule has 1 aliphatic heterocycles. The van der Waals surface area contributed by atoms with E-state index in [2.05, 4.69) is 0 Å². The Morgan fingerprint density at radius 3 is 2.03 bits per heavy atom. The molecular formula is C22H24O9. The molecule has 1 saturated heterocycles. The third kappa shape index (κ3) is 4.60. The van der Waals surface area contributed by atoms with Crippen LogP contribution in [0.1, 0.15) is 32.4 Å². The largest absolute Gasteiger partial charge is 0.465 e. The van der Waals surface area contributed by atoms with Gasteiger partial charge in [0.1, 0.15) is 30.5 Å². The highest BCUT2D eigenvalue weighted by Crippen LogP contribution is 2.34. The summed E-state index contributed by atoms with van der Waals surface area (Å²) in [6.07, 6.45) is -6.45. The first-order chi connectivity index (χ1) is 14.8. The molecule has 0 amide bonds. The fourth-order valence-corrected chi connectivity index (χ4v) is 3.54. The van der Waals surface area contributed by atoms with Crippen LogP contribution in [0.25, 0.3) is 11.1 Å². The summed E-state index contributed by atoms with van der Waals surface area (Å²) >= 11 is 0. The molecule has 5 atom stereocenters. The van der Waals surface area contributed by atoms with Gasteiger partial charge in [0.25, 0.3) is 0 Å². The molecule has 1 fully saturated rings. The number of ether oxygens (including phenoxy) is 3. The minimum atomic E-state index is -1.51. The van der Waals surface area contributed by atoms with Crippen LogP contribution in [0.3, 0.4) is 0 Å². The summed E-state index contributed by atoms with van der Waals surface area (Å²) in [4.78, 5) is 24.1. The van der Waals surface area contributed by atoms with Crippen LogP contribution in [0.4, 0.5) is 0 Å². The molecule has 9 heteroatoms. The van der Waals surface area contributed by atoms with Crippen molar-refractivity contribution < 1.29 is 44.2 Å². The van der Waals surface area contributed by atoms with E-state index < -0.39 is 49.1 Å². The van der Waals surface area contributed by atoms with Crippen molar-refractivity contribution in [3.63, 3.8) is 0 Å². The average molecular weight is 432 g/mol. The first-order valence-electron chi connectivity index (χ1n) is 9.53. The molecule has 9 nitrogen and oxygen atoms in total. The lowest BCUT2D eigenvalue weighted by atomic mass is 9.89. The average Bonchev–Trinajstić information content (AvgIpc) is 2.81. The Hall–Kier alpha value is -2.82. The van der Waals surface area contributed by atoms with Crippen molar-refractivity contribution >= 4 is 11.9 Å². The Morgan fingerprint density at radius 1 is 0.871 bits per heavy atom. The van der Waals surface area contributed by atoms with Gasteiger partial charge in [0.05, 0.1) is 32.0 Å². The molecular weight excluding hydrogens is 408 g/mol. The number of carbonyl (C=O) groups is 2. The van der Waals surface area contributed by atoms with Crippen LogP contribution >= 0.6 is 0 Å².